The molecule has 62 heavy (non-hydrogen) atoms. The Morgan fingerprint density at radius 1 is 0.210 bits per heavy atom. The standard InChI is InChI=1S/C62H100/c1-5-21-43(22-6-1)57(44-23-7-2-8-24-44)41-59-49-29-13-17-33-53(49)61(54-34-18-14-30-50(54)59)47-37-39-48(40-38-47)62-55-35-19-15-31-51(55)60(52-32-16-20-36-56(52)62)42-58(45-25-9-3-10-26-45)46-27-11-4-12-28-46/h41-56,59-62H,1-40H2. The molecule has 0 bridgehead atoms. The van der Waals surface area contributed by atoms with Crippen LogP contribution in [0.15, 0.2) is 23.3 Å². The fraction of sp³-hybridized carbons (Fsp3) is 0.935. The van der Waals surface area contributed by atoms with Gasteiger partial charge < -0.3 is 0 Å². The van der Waals surface area contributed by atoms with Gasteiger partial charge in [-0.05, 0) is 235 Å². The minimum absolute atomic E-state index is 0.949. The molecule has 11 fully saturated rings. The van der Waals surface area contributed by atoms with Gasteiger partial charge >= 0.3 is 0 Å². The number of rotatable bonds is 8. The molecule has 0 radical (unpaired) electrons. The Hall–Kier alpha value is -0.520. The van der Waals surface area contributed by atoms with Gasteiger partial charge in [-0.15, -0.1) is 0 Å². The fourth-order valence-electron chi connectivity index (χ4n) is 21.1. The van der Waals surface area contributed by atoms with Crippen LogP contribution < -0.4 is 0 Å². The quantitative estimate of drug-likeness (QED) is 0.214. The zero-order valence-corrected chi connectivity index (χ0v) is 40.8. The van der Waals surface area contributed by atoms with Gasteiger partial charge in [0.2, 0.25) is 0 Å². The first kappa shape index (κ1) is 44.0. The molecule has 0 heterocycles. The molecule has 348 valence electrons. The number of allylic oxidation sites excluding steroid dienone is 4. The van der Waals surface area contributed by atoms with Gasteiger partial charge in [-0.1, -0.05) is 152 Å². The summed E-state index contributed by atoms with van der Waals surface area (Å²) in [6.07, 6.45) is 68.7. The molecule has 11 aliphatic rings. The monoisotopic (exact) mass is 845 g/mol. The van der Waals surface area contributed by atoms with Crippen molar-refractivity contribution in [3.63, 3.8) is 0 Å². The Labute approximate surface area is 385 Å². The Morgan fingerprint density at radius 3 is 0.661 bits per heavy atom. The molecular formula is C62H100. The SMILES string of the molecule is C(=C(C1CCCCC1)C1CCCCC1)C1C2CCCCC2C(C2CCC(C3C4CCCCC4C(C=C(C4CCCCC4)C4CCCCC4)C4CCCCC43)CC2)C2CCCCC12. The van der Waals surface area contributed by atoms with Crippen molar-refractivity contribution >= 4 is 0 Å². The molecule has 0 aromatic heterocycles. The summed E-state index contributed by atoms with van der Waals surface area (Å²) in [5.74, 6) is 18.5. The second-order valence-corrected chi connectivity index (χ2v) is 26.1. The van der Waals surface area contributed by atoms with Crippen molar-refractivity contribution in [3.8, 4) is 0 Å². The lowest BCUT2D eigenvalue weighted by atomic mass is 9.45. The van der Waals surface area contributed by atoms with Gasteiger partial charge in [-0.3, -0.25) is 0 Å². The van der Waals surface area contributed by atoms with Gasteiger partial charge in [0.05, 0.1) is 0 Å². The number of fused-ring (bicyclic) bond motifs is 4. The van der Waals surface area contributed by atoms with Crippen LogP contribution in [0.1, 0.15) is 257 Å². The zero-order valence-electron chi connectivity index (χ0n) is 40.8. The average Bonchev–Trinajstić information content (AvgIpc) is 3.35. The Kier molecular flexibility index (Phi) is 14.7. The number of hydrogen-bond donors (Lipinski definition) is 0. The van der Waals surface area contributed by atoms with E-state index in [2.05, 4.69) is 23.3 Å². The molecule has 11 rings (SSSR count). The van der Waals surface area contributed by atoms with Crippen LogP contribution in [0, 0.1) is 107 Å². The molecule has 0 aromatic rings. The van der Waals surface area contributed by atoms with Crippen molar-refractivity contribution in [2.24, 2.45) is 107 Å². The first-order chi connectivity index (χ1) is 30.8. The first-order valence-corrected chi connectivity index (χ1v) is 30.2. The highest BCUT2D eigenvalue weighted by Gasteiger charge is 2.56. The van der Waals surface area contributed by atoms with Crippen LogP contribution in [0.2, 0.25) is 0 Å². The molecule has 8 unspecified atom stereocenters. The van der Waals surface area contributed by atoms with Crippen molar-refractivity contribution < 1.29 is 0 Å². The molecule has 11 saturated carbocycles. The van der Waals surface area contributed by atoms with E-state index in [0.29, 0.717) is 0 Å². The normalized spacial score (nSPS) is 44.2. The van der Waals surface area contributed by atoms with Gasteiger partial charge in [0, 0.05) is 0 Å². The van der Waals surface area contributed by atoms with Crippen LogP contribution >= 0.6 is 0 Å². The summed E-state index contributed by atoms with van der Waals surface area (Å²) in [7, 11) is 0. The third-order valence-corrected chi connectivity index (χ3v) is 23.4. The molecular weight excluding hydrogens is 745 g/mol. The molecule has 0 nitrogen and oxygen atoms in total. The minimum Gasteiger partial charge on any atom is -0.0811 e. The summed E-state index contributed by atoms with van der Waals surface area (Å²) in [5, 5.41) is 0. The topological polar surface area (TPSA) is 0 Å². The maximum atomic E-state index is 3.20. The van der Waals surface area contributed by atoms with Gasteiger partial charge in [-0.2, -0.15) is 0 Å². The van der Waals surface area contributed by atoms with Crippen LogP contribution in [0.5, 0.6) is 0 Å². The van der Waals surface area contributed by atoms with Crippen molar-refractivity contribution in [2.45, 2.75) is 257 Å². The van der Waals surface area contributed by atoms with E-state index >= 15 is 0 Å². The fourth-order valence-corrected chi connectivity index (χ4v) is 21.1. The lowest BCUT2D eigenvalue weighted by molar-refractivity contribution is -0.0967. The van der Waals surface area contributed by atoms with Crippen molar-refractivity contribution in [2.75, 3.05) is 0 Å². The Morgan fingerprint density at radius 2 is 0.419 bits per heavy atom. The molecule has 0 N–H and O–H groups in total. The van der Waals surface area contributed by atoms with E-state index in [-0.39, 0.29) is 0 Å². The third-order valence-electron chi connectivity index (χ3n) is 23.4. The summed E-state index contributed by atoms with van der Waals surface area (Å²) in [6, 6.07) is 0. The molecule has 0 amide bonds. The highest BCUT2D eigenvalue weighted by atomic mass is 14.6. The molecule has 0 aromatic carbocycles. The second-order valence-electron chi connectivity index (χ2n) is 26.1. The van der Waals surface area contributed by atoms with Gasteiger partial charge in [-0.25, -0.2) is 0 Å². The molecule has 0 aliphatic heterocycles. The number of hydrogen-bond acceptors (Lipinski definition) is 0. The Balaban J connectivity index is 0.840. The molecule has 0 saturated heterocycles. The van der Waals surface area contributed by atoms with E-state index < -0.39 is 0 Å². The molecule has 0 spiro atoms. The predicted octanol–water partition coefficient (Wildman–Crippen LogP) is 18.7. The van der Waals surface area contributed by atoms with Crippen molar-refractivity contribution in [3.05, 3.63) is 23.3 Å². The van der Waals surface area contributed by atoms with Gasteiger partial charge in [0.25, 0.3) is 0 Å². The van der Waals surface area contributed by atoms with Crippen LogP contribution in [0.25, 0.3) is 0 Å². The average molecular weight is 845 g/mol. The lowest BCUT2D eigenvalue weighted by Crippen LogP contribution is -2.52. The van der Waals surface area contributed by atoms with E-state index in [1.807, 2.05) is 0 Å². The first-order valence-electron chi connectivity index (χ1n) is 30.2. The van der Waals surface area contributed by atoms with E-state index in [1.165, 1.54) is 128 Å². The maximum absolute atomic E-state index is 3.20. The van der Waals surface area contributed by atoms with Crippen LogP contribution in [0.4, 0.5) is 0 Å². The molecule has 8 atom stereocenters. The summed E-state index contributed by atoms with van der Waals surface area (Å²) >= 11 is 0. The Bertz CT molecular complexity index is 1250. The highest BCUT2D eigenvalue weighted by molar-refractivity contribution is 5.20. The van der Waals surface area contributed by atoms with E-state index in [1.54, 1.807) is 128 Å². The summed E-state index contributed by atoms with van der Waals surface area (Å²) in [6.45, 7) is 0. The second kappa shape index (κ2) is 20.8. The highest BCUT2D eigenvalue weighted by Crippen LogP contribution is 2.64. The lowest BCUT2D eigenvalue weighted by Gasteiger charge is -2.60. The van der Waals surface area contributed by atoms with Crippen LogP contribution in [0.3, 0.4) is 0 Å². The summed E-state index contributed by atoms with van der Waals surface area (Å²) < 4.78 is 0. The zero-order chi connectivity index (χ0) is 41.2. The van der Waals surface area contributed by atoms with E-state index in [9.17, 15) is 0 Å². The van der Waals surface area contributed by atoms with Crippen LogP contribution in [-0.4, -0.2) is 0 Å². The largest absolute Gasteiger partial charge is 0.0811 e. The van der Waals surface area contributed by atoms with Gasteiger partial charge in [0.15, 0.2) is 0 Å². The van der Waals surface area contributed by atoms with E-state index in [4.69, 9.17) is 0 Å². The maximum Gasteiger partial charge on any atom is -0.0168 e. The smallest absolute Gasteiger partial charge is 0.0168 e. The van der Waals surface area contributed by atoms with Crippen molar-refractivity contribution in [1.82, 2.24) is 0 Å². The summed E-state index contributed by atoms with van der Waals surface area (Å²) in [4.78, 5) is 0. The van der Waals surface area contributed by atoms with Gasteiger partial charge in [0.1, 0.15) is 0 Å². The summed E-state index contributed by atoms with van der Waals surface area (Å²) in [5.41, 5.74) is 4.15. The predicted molar refractivity (Wildman–Crippen MR) is 264 cm³/mol. The molecule has 0 heteroatoms. The van der Waals surface area contributed by atoms with Crippen molar-refractivity contribution in [1.29, 1.82) is 0 Å². The minimum atomic E-state index is 0.949. The van der Waals surface area contributed by atoms with Crippen LogP contribution in [-0.2, 0) is 0 Å². The third kappa shape index (κ3) is 9.10. The van der Waals surface area contributed by atoms with E-state index in [0.717, 1.165) is 107 Å². The molecule has 11 aliphatic carbocycles.